The number of ether oxygens (including phenoxy) is 1. The first-order valence-electron chi connectivity index (χ1n) is 9.55. The minimum Gasteiger partial charge on any atom is -0.378 e. The molecule has 7 nitrogen and oxygen atoms in total. The summed E-state index contributed by atoms with van der Waals surface area (Å²) >= 11 is 5.33. The van der Waals surface area contributed by atoms with Gasteiger partial charge in [-0.2, -0.15) is 5.10 Å². The van der Waals surface area contributed by atoms with Crippen molar-refractivity contribution in [3.63, 3.8) is 0 Å². The number of aryl methyl sites for hydroxylation is 1. The number of rotatable bonds is 5. The summed E-state index contributed by atoms with van der Waals surface area (Å²) in [5.41, 5.74) is 3.91. The van der Waals surface area contributed by atoms with Crippen molar-refractivity contribution in [2.24, 2.45) is 0 Å². The lowest BCUT2D eigenvalue weighted by Gasteiger charge is -2.28. The minimum absolute atomic E-state index is 0.0871. The SMILES string of the molecule is Cc1cccc(-c2n[nH]c(=S)n2CC(=O)Nc2ccc(N3CCOCC3)cc2)c1. The van der Waals surface area contributed by atoms with Crippen LogP contribution in [-0.4, -0.2) is 47.0 Å². The predicted molar refractivity (Wildman–Crippen MR) is 116 cm³/mol. The molecule has 150 valence electrons. The van der Waals surface area contributed by atoms with Gasteiger partial charge in [0, 0.05) is 30.0 Å². The minimum atomic E-state index is -0.157. The van der Waals surface area contributed by atoms with Crippen LogP contribution in [0.25, 0.3) is 11.4 Å². The number of benzene rings is 2. The fourth-order valence-electron chi connectivity index (χ4n) is 3.39. The number of hydrogen-bond donors (Lipinski definition) is 2. The van der Waals surface area contributed by atoms with Crippen molar-refractivity contribution in [3.05, 3.63) is 58.9 Å². The molecule has 1 aliphatic rings. The first kappa shape index (κ1) is 19.4. The third-order valence-corrected chi connectivity index (χ3v) is 5.18. The van der Waals surface area contributed by atoms with Crippen molar-refractivity contribution in [1.82, 2.24) is 14.8 Å². The summed E-state index contributed by atoms with van der Waals surface area (Å²) in [5.74, 6) is 0.493. The van der Waals surface area contributed by atoms with E-state index in [-0.39, 0.29) is 12.5 Å². The topological polar surface area (TPSA) is 75.2 Å². The number of amides is 1. The van der Waals surface area contributed by atoms with Gasteiger partial charge < -0.3 is 15.0 Å². The fraction of sp³-hybridized carbons (Fsp3) is 0.286. The molecule has 1 fully saturated rings. The van der Waals surface area contributed by atoms with E-state index in [9.17, 15) is 4.79 Å². The second kappa shape index (κ2) is 8.59. The normalized spacial score (nSPS) is 14.0. The molecule has 1 aliphatic heterocycles. The molecule has 0 aliphatic carbocycles. The summed E-state index contributed by atoms with van der Waals surface area (Å²) in [6.07, 6.45) is 0. The number of aromatic amines is 1. The Kier molecular flexibility index (Phi) is 5.73. The third-order valence-electron chi connectivity index (χ3n) is 4.86. The van der Waals surface area contributed by atoms with E-state index >= 15 is 0 Å². The van der Waals surface area contributed by atoms with Gasteiger partial charge in [-0.15, -0.1) is 0 Å². The Morgan fingerprint density at radius 2 is 1.97 bits per heavy atom. The van der Waals surface area contributed by atoms with E-state index in [2.05, 4.69) is 20.4 Å². The third kappa shape index (κ3) is 4.55. The predicted octanol–water partition coefficient (Wildman–Crippen LogP) is 3.39. The molecule has 0 bridgehead atoms. The highest BCUT2D eigenvalue weighted by Crippen LogP contribution is 2.20. The number of anilines is 2. The first-order valence-corrected chi connectivity index (χ1v) is 9.96. The van der Waals surface area contributed by atoms with Gasteiger partial charge in [-0.3, -0.25) is 14.5 Å². The van der Waals surface area contributed by atoms with Crippen LogP contribution < -0.4 is 10.2 Å². The zero-order valence-corrected chi connectivity index (χ0v) is 17.0. The second-order valence-electron chi connectivity index (χ2n) is 7.00. The van der Waals surface area contributed by atoms with E-state index in [0.29, 0.717) is 10.6 Å². The van der Waals surface area contributed by atoms with Gasteiger partial charge in [0.05, 0.1) is 13.2 Å². The van der Waals surface area contributed by atoms with E-state index in [1.165, 1.54) is 0 Å². The molecule has 1 saturated heterocycles. The van der Waals surface area contributed by atoms with Gasteiger partial charge >= 0.3 is 0 Å². The summed E-state index contributed by atoms with van der Waals surface area (Å²) in [7, 11) is 0. The van der Waals surface area contributed by atoms with Crippen LogP contribution in [0.5, 0.6) is 0 Å². The van der Waals surface area contributed by atoms with E-state index in [1.54, 1.807) is 4.57 Å². The Balaban J connectivity index is 1.45. The molecule has 2 aromatic carbocycles. The Hall–Kier alpha value is -2.97. The van der Waals surface area contributed by atoms with Crippen LogP contribution in [0.4, 0.5) is 11.4 Å². The van der Waals surface area contributed by atoms with Crippen molar-refractivity contribution in [3.8, 4) is 11.4 Å². The quantitative estimate of drug-likeness (QED) is 0.632. The Labute approximate surface area is 174 Å². The van der Waals surface area contributed by atoms with E-state index in [0.717, 1.165) is 48.8 Å². The summed E-state index contributed by atoms with van der Waals surface area (Å²) in [5, 5.41) is 10.0. The zero-order chi connectivity index (χ0) is 20.2. The number of H-pyrrole nitrogens is 1. The van der Waals surface area contributed by atoms with Crippen LogP contribution in [0.1, 0.15) is 5.56 Å². The second-order valence-corrected chi connectivity index (χ2v) is 7.39. The van der Waals surface area contributed by atoms with Crippen LogP contribution in [0.3, 0.4) is 0 Å². The highest BCUT2D eigenvalue weighted by Gasteiger charge is 2.14. The van der Waals surface area contributed by atoms with Crippen molar-refractivity contribution in [2.45, 2.75) is 13.5 Å². The lowest BCUT2D eigenvalue weighted by atomic mass is 10.1. The van der Waals surface area contributed by atoms with Gasteiger partial charge in [0.25, 0.3) is 0 Å². The zero-order valence-electron chi connectivity index (χ0n) is 16.2. The lowest BCUT2D eigenvalue weighted by Crippen LogP contribution is -2.36. The number of aromatic nitrogens is 3. The average molecular weight is 410 g/mol. The van der Waals surface area contributed by atoms with Crippen molar-refractivity contribution in [2.75, 3.05) is 36.5 Å². The highest BCUT2D eigenvalue weighted by molar-refractivity contribution is 7.71. The molecular formula is C21H23N5O2S. The van der Waals surface area contributed by atoms with Gasteiger partial charge in [0.1, 0.15) is 6.54 Å². The largest absolute Gasteiger partial charge is 0.378 e. The van der Waals surface area contributed by atoms with Crippen LogP contribution in [-0.2, 0) is 16.1 Å². The van der Waals surface area contributed by atoms with Gasteiger partial charge in [0.2, 0.25) is 5.91 Å². The standard InChI is InChI=1S/C21H23N5O2S/c1-15-3-2-4-16(13-15)20-23-24-21(29)26(20)14-19(27)22-17-5-7-18(8-6-17)25-9-11-28-12-10-25/h2-8,13H,9-12,14H2,1H3,(H,22,27)(H,24,29). The number of morpholine rings is 1. The van der Waals surface area contributed by atoms with Crippen LogP contribution >= 0.6 is 12.2 Å². The van der Waals surface area contributed by atoms with Gasteiger partial charge in [-0.05, 0) is 49.5 Å². The van der Waals surface area contributed by atoms with Gasteiger partial charge in [-0.25, -0.2) is 0 Å². The van der Waals surface area contributed by atoms with Gasteiger partial charge in [-0.1, -0.05) is 23.8 Å². The molecule has 3 aromatic rings. The molecule has 0 saturated carbocycles. The molecule has 0 spiro atoms. The highest BCUT2D eigenvalue weighted by atomic mass is 32.1. The number of nitrogens with zero attached hydrogens (tertiary/aromatic N) is 3. The molecule has 0 unspecified atom stereocenters. The molecule has 29 heavy (non-hydrogen) atoms. The monoisotopic (exact) mass is 409 g/mol. The molecule has 8 heteroatoms. The number of carbonyl (C=O) groups is 1. The molecule has 4 rings (SSSR count). The van der Waals surface area contributed by atoms with Gasteiger partial charge in [0.15, 0.2) is 10.6 Å². The summed E-state index contributed by atoms with van der Waals surface area (Å²) < 4.78 is 7.51. The molecule has 2 heterocycles. The number of nitrogens with one attached hydrogen (secondary N) is 2. The smallest absolute Gasteiger partial charge is 0.244 e. The Bertz CT molecular complexity index is 1050. The molecule has 0 atom stereocenters. The first-order chi connectivity index (χ1) is 14.1. The maximum absolute atomic E-state index is 12.6. The molecule has 2 N–H and O–H groups in total. The van der Waals surface area contributed by atoms with Crippen molar-refractivity contribution < 1.29 is 9.53 Å². The van der Waals surface area contributed by atoms with E-state index < -0.39 is 0 Å². The summed E-state index contributed by atoms with van der Waals surface area (Å²) in [6.45, 7) is 5.35. The Morgan fingerprint density at radius 3 is 2.69 bits per heavy atom. The fourth-order valence-corrected chi connectivity index (χ4v) is 3.59. The molecule has 1 amide bonds. The lowest BCUT2D eigenvalue weighted by molar-refractivity contribution is -0.116. The van der Waals surface area contributed by atoms with Crippen LogP contribution in [0.15, 0.2) is 48.5 Å². The van der Waals surface area contributed by atoms with E-state index in [1.807, 2.05) is 55.5 Å². The Morgan fingerprint density at radius 1 is 1.21 bits per heavy atom. The van der Waals surface area contributed by atoms with Crippen LogP contribution in [0.2, 0.25) is 0 Å². The van der Waals surface area contributed by atoms with Crippen molar-refractivity contribution >= 4 is 29.5 Å². The number of hydrogen-bond acceptors (Lipinski definition) is 5. The molecule has 0 radical (unpaired) electrons. The van der Waals surface area contributed by atoms with Crippen molar-refractivity contribution in [1.29, 1.82) is 0 Å². The summed E-state index contributed by atoms with van der Waals surface area (Å²) in [4.78, 5) is 14.9. The molecule has 1 aromatic heterocycles. The molecular weight excluding hydrogens is 386 g/mol. The van der Waals surface area contributed by atoms with Crippen LogP contribution in [0, 0.1) is 11.7 Å². The maximum Gasteiger partial charge on any atom is 0.244 e. The number of carbonyl (C=O) groups excluding carboxylic acids is 1. The maximum atomic E-state index is 12.6. The summed E-state index contributed by atoms with van der Waals surface area (Å²) in [6, 6.07) is 15.8. The van der Waals surface area contributed by atoms with E-state index in [4.69, 9.17) is 17.0 Å². The average Bonchev–Trinajstić information content (AvgIpc) is 3.09.